The van der Waals surface area contributed by atoms with Crippen LogP contribution in [-0.4, -0.2) is 35.7 Å². The van der Waals surface area contributed by atoms with Gasteiger partial charge in [0.25, 0.3) is 0 Å². The number of aromatic nitrogens is 2. The van der Waals surface area contributed by atoms with Crippen molar-refractivity contribution in [1.82, 2.24) is 14.1 Å². The van der Waals surface area contributed by atoms with Gasteiger partial charge in [0.05, 0.1) is 17.2 Å². The summed E-state index contributed by atoms with van der Waals surface area (Å²) in [5.41, 5.74) is 1.64. The number of hydrogen-bond acceptors (Lipinski definition) is 4. The highest BCUT2D eigenvalue weighted by Gasteiger charge is 2.22. The Labute approximate surface area is 137 Å². The predicted octanol–water partition coefficient (Wildman–Crippen LogP) is 2.34. The van der Waals surface area contributed by atoms with Crippen LogP contribution in [0.3, 0.4) is 0 Å². The summed E-state index contributed by atoms with van der Waals surface area (Å²) in [6.45, 7) is 5.99. The van der Waals surface area contributed by atoms with Gasteiger partial charge in [-0.2, -0.15) is 9.40 Å². The Hall–Kier alpha value is -1.86. The molecular formula is C16H23N3O3S. The number of ether oxygens (including phenoxy) is 1. The molecule has 1 aromatic heterocycles. The van der Waals surface area contributed by atoms with E-state index in [1.54, 1.807) is 49.4 Å². The second kappa shape index (κ2) is 6.72. The van der Waals surface area contributed by atoms with E-state index >= 15 is 0 Å². The van der Waals surface area contributed by atoms with Crippen molar-refractivity contribution in [2.24, 2.45) is 7.05 Å². The molecule has 1 heterocycles. The molecule has 0 amide bonds. The Morgan fingerprint density at radius 3 is 2.57 bits per heavy atom. The van der Waals surface area contributed by atoms with E-state index in [0.29, 0.717) is 5.75 Å². The topological polar surface area (TPSA) is 64.4 Å². The zero-order chi connectivity index (χ0) is 17.2. The van der Waals surface area contributed by atoms with Crippen molar-refractivity contribution in [1.29, 1.82) is 0 Å². The van der Waals surface area contributed by atoms with Gasteiger partial charge in [0.2, 0.25) is 10.0 Å². The molecule has 0 saturated heterocycles. The van der Waals surface area contributed by atoms with Crippen LogP contribution in [-0.2, 0) is 23.6 Å². The summed E-state index contributed by atoms with van der Waals surface area (Å²) in [5, 5.41) is 4.06. The van der Waals surface area contributed by atoms with Gasteiger partial charge in [-0.25, -0.2) is 8.42 Å². The lowest BCUT2D eigenvalue weighted by molar-refractivity contribution is 0.240. The van der Waals surface area contributed by atoms with Gasteiger partial charge in [0.15, 0.2) is 0 Å². The lowest BCUT2D eigenvalue weighted by Gasteiger charge is -2.18. The van der Waals surface area contributed by atoms with Gasteiger partial charge in [-0.1, -0.05) is 0 Å². The summed E-state index contributed by atoms with van der Waals surface area (Å²) in [6, 6.07) is 4.94. The maximum absolute atomic E-state index is 12.7. The highest BCUT2D eigenvalue weighted by Crippen LogP contribution is 2.25. The molecule has 0 aliphatic heterocycles. The third-order valence-electron chi connectivity index (χ3n) is 3.38. The van der Waals surface area contributed by atoms with Gasteiger partial charge >= 0.3 is 0 Å². The SMILES string of the molecule is Cc1cc(S(=O)(=O)N(C)Cc2cnn(C)c2)ccc1OC(C)C. The van der Waals surface area contributed by atoms with Crippen LogP contribution in [0.15, 0.2) is 35.5 Å². The van der Waals surface area contributed by atoms with E-state index in [2.05, 4.69) is 5.10 Å². The predicted molar refractivity (Wildman–Crippen MR) is 88.8 cm³/mol. The minimum Gasteiger partial charge on any atom is -0.491 e. The molecule has 0 spiro atoms. The Morgan fingerprint density at radius 1 is 1.35 bits per heavy atom. The van der Waals surface area contributed by atoms with E-state index in [1.165, 1.54) is 4.31 Å². The molecule has 23 heavy (non-hydrogen) atoms. The minimum atomic E-state index is -3.55. The molecule has 0 unspecified atom stereocenters. The van der Waals surface area contributed by atoms with Crippen LogP contribution >= 0.6 is 0 Å². The van der Waals surface area contributed by atoms with Crippen molar-refractivity contribution in [3.05, 3.63) is 41.7 Å². The van der Waals surface area contributed by atoms with Gasteiger partial charge in [-0.05, 0) is 44.5 Å². The maximum Gasteiger partial charge on any atom is 0.243 e. The van der Waals surface area contributed by atoms with E-state index in [4.69, 9.17) is 4.74 Å². The smallest absolute Gasteiger partial charge is 0.243 e. The first-order chi connectivity index (χ1) is 10.7. The van der Waals surface area contributed by atoms with Crippen molar-refractivity contribution >= 4 is 10.0 Å². The van der Waals surface area contributed by atoms with Gasteiger partial charge in [0.1, 0.15) is 5.75 Å². The molecule has 126 valence electrons. The van der Waals surface area contributed by atoms with Crippen LogP contribution < -0.4 is 4.74 Å². The van der Waals surface area contributed by atoms with Crippen LogP contribution in [0.1, 0.15) is 25.0 Å². The fraction of sp³-hybridized carbons (Fsp3) is 0.438. The van der Waals surface area contributed by atoms with Crippen molar-refractivity contribution in [3.63, 3.8) is 0 Å². The number of hydrogen-bond donors (Lipinski definition) is 0. The third-order valence-corrected chi connectivity index (χ3v) is 5.18. The molecule has 0 N–H and O–H groups in total. The molecule has 0 bridgehead atoms. The number of nitrogens with zero attached hydrogens (tertiary/aromatic N) is 3. The normalized spacial score (nSPS) is 12.1. The van der Waals surface area contributed by atoms with E-state index in [1.807, 2.05) is 20.8 Å². The summed E-state index contributed by atoms with van der Waals surface area (Å²) in [7, 11) is -0.189. The second-order valence-electron chi connectivity index (χ2n) is 5.88. The summed E-state index contributed by atoms with van der Waals surface area (Å²) < 4.78 is 34.0. The average molecular weight is 337 g/mol. The molecule has 0 atom stereocenters. The monoisotopic (exact) mass is 337 g/mol. The maximum atomic E-state index is 12.7. The fourth-order valence-electron chi connectivity index (χ4n) is 2.24. The molecule has 0 radical (unpaired) electrons. The molecule has 2 aromatic rings. The molecule has 6 nitrogen and oxygen atoms in total. The number of sulfonamides is 1. The van der Waals surface area contributed by atoms with E-state index in [-0.39, 0.29) is 17.5 Å². The molecule has 0 aliphatic rings. The summed E-state index contributed by atoms with van der Waals surface area (Å²) in [6.07, 6.45) is 3.51. The molecule has 7 heteroatoms. The van der Waals surface area contributed by atoms with Gasteiger partial charge in [-0.15, -0.1) is 0 Å². The van der Waals surface area contributed by atoms with Crippen LogP contribution in [0, 0.1) is 6.92 Å². The van der Waals surface area contributed by atoms with Crippen LogP contribution in [0.25, 0.3) is 0 Å². The van der Waals surface area contributed by atoms with Crippen molar-refractivity contribution < 1.29 is 13.2 Å². The molecule has 0 saturated carbocycles. The van der Waals surface area contributed by atoms with Gasteiger partial charge in [0, 0.05) is 32.4 Å². The highest BCUT2D eigenvalue weighted by atomic mass is 32.2. The van der Waals surface area contributed by atoms with Crippen molar-refractivity contribution in [3.8, 4) is 5.75 Å². The first-order valence-corrected chi connectivity index (χ1v) is 8.85. The Balaban J connectivity index is 2.23. The van der Waals surface area contributed by atoms with Crippen molar-refractivity contribution in [2.45, 2.75) is 38.3 Å². The molecule has 1 aromatic carbocycles. The first-order valence-electron chi connectivity index (χ1n) is 7.41. The van der Waals surface area contributed by atoms with Crippen LogP contribution in [0.4, 0.5) is 0 Å². The van der Waals surface area contributed by atoms with Crippen LogP contribution in [0.2, 0.25) is 0 Å². The Bertz CT molecular complexity index is 782. The summed E-state index contributed by atoms with van der Waals surface area (Å²) >= 11 is 0. The molecule has 2 rings (SSSR count). The average Bonchev–Trinajstić information content (AvgIpc) is 2.85. The molecule has 0 aliphatic carbocycles. The van der Waals surface area contributed by atoms with Crippen LogP contribution in [0.5, 0.6) is 5.75 Å². The lowest BCUT2D eigenvalue weighted by Crippen LogP contribution is -2.26. The third kappa shape index (κ3) is 4.11. The van der Waals surface area contributed by atoms with Gasteiger partial charge < -0.3 is 4.74 Å². The van der Waals surface area contributed by atoms with Gasteiger partial charge in [-0.3, -0.25) is 4.68 Å². The summed E-state index contributed by atoms with van der Waals surface area (Å²) in [4.78, 5) is 0.262. The first kappa shape index (κ1) is 17.5. The van der Waals surface area contributed by atoms with E-state index in [9.17, 15) is 8.42 Å². The number of aryl methyl sites for hydroxylation is 2. The summed E-state index contributed by atoms with van der Waals surface area (Å²) in [5.74, 6) is 0.703. The fourth-order valence-corrected chi connectivity index (χ4v) is 3.49. The second-order valence-corrected chi connectivity index (χ2v) is 7.92. The quantitative estimate of drug-likeness (QED) is 0.811. The minimum absolute atomic E-state index is 0.0458. The van der Waals surface area contributed by atoms with E-state index in [0.717, 1.165) is 11.1 Å². The molecular weight excluding hydrogens is 314 g/mol. The Morgan fingerprint density at radius 2 is 2.04 bits per heavy atom. The highest BCUT2D eigenvalue weighted by molar-refractivity contribution is 7.89. The number of rotatable bonds is 6. The largest absolute Gasteiger partial charge is 0.491 e. The zero-order valence-corrected chi connectivity index (χ0v) is 15.0. The molecule has 0 fully saturated rings. The van der Waals surface area contributed by atoms with Crippen molar-refractivity contribution in [2.75, 3.05) is 7.05 Å². The van der Waals surface area contributed by atoms with E-state index < -0.39 is 10.0 Å². The number of benzene rings is 1. The lowest BCUT2D eigenvalue weighted by atomic mass is 10.2. The Kier molecular flexibility index (Phi) is 5.11. The standard InChI is InChI=1S/C16H23N3O3S/c1-12(2)22-16-7-6-15(8-13(16)3)23(20,21)19(5)11-14-9-17-18(4)10-14/h6-10,12H,11H2,1-5H3. The zero-order valence-electron chi connectivity index (χ0n) is 14.1.